The van der Waals surface area contributed by atoms with Crippen LogP contribution >= 0.6 is 11.6 Å². The van der Waals surface area contributed by atoms with Crippen molar-refractivity contribution in [1.82, 2.24) is 9.21 Å². The van der Waals surface area contributed by atoms with Crippen LogP contribution in [0.3, 0.4) is 0 Å². The molecule has 7 heteroatoms. The van der Waals surface area contributed by atoms with Gasteiger partial charge in [-0.1, -0.05) is 6.07 Å². The molecule has 1 heterocycles. The predicted octanol–water partition coefficient (Wildman–Crippen LogP) is 2.07. The molecule has 0 unspecified atom stereocenters. The maximum Gasteiger partial charge on any atom is 0.243 e. The van der Waals surface area contributed by atoms with Crippen LogP contribution in [-0.2, 0) is 10.0 Å². The van der Waals surface area contributed by atoms with E-state index in [2.05, 4.69) is 4.90 Å². The van der Waals surface area contributed by atoms with Gasteiger partial charge in [0.05, 0.1) is 4.90 Å². The zero-order chi connectivity index (χ0) is 15.5. The average molecular weight is 335 g/mol. The third kappa shape index (κ3) is 3.94. The third-order valence-electron chi connectivity index (χ3n) is 3.72. The van der Waals surface area contributed by atoms with Crippen molar-refractivity contribution in [3.05, 3.63) is 29.6 Å². The summed E-state index contributed by atoms with van der Waals surface area (Å²) in [7, 11) is -3.64. The van der Waals surface area contributed by atoms with Crippen LogP contribution in [0.5, 0.6) is 0 Å². The van der Waals surface area contributed by atoms with Crippen LogP contribution < -0.4 is 0 Å². The first kappa shape index (κ1) is 16.7. The van der Waals surface area contributed by atoms with E-state index in [1.54, 1.807) is 6.92 Å². The summed E-state index contributed by atoms with van der Waals surface area (Å²) in [5.41, 5.74) is 0.568. The Morgan fingerprint density at radius 1 is 1.24 bits per heavy atom. The molecule has 2 rings (SSSR count). The lowest BCUT2D eigenvalue weighted by Gasteiger charge is -2.22. The van der Waals surface area contributed by atoms with Gasteiger partial charge in [-0.3, -0.25) is 0 Å². The second-order valence-electron chi connectivity index (χ2n) is 5.20. The van der Waals surface area contributed by atoms with Crippen molar-refractivity contribution in [2.45, 2.75) is 18.2 Å². The number of hydrogen-bond donors (Lipinski definition) is 0. The Hall–Kier alpha value is -0.690. The second-order valence-corrected chi connectivity index (χ2v) is 7.48. The van der Waals surface area contributed by atoms with Crippen molar-refractivity contribution >= 4 is 21.6 Å². The molecule has 1 saturated heterocycles. The summed E-state index contributed by atoms with van der Waals surface area (Å²) in [6.45, 7) is 4.80. The van der Waals surface area contributed by atoms with Gasteiger partial charge in [0.2, 0.25) is 10.0 Å². The fraction of sp³-hybridized carbons (Fsp3) is 0.571. The maximum atomic E-state index is 13.4. The van der Waals surface area contributed by atoms with Gasteiger partial charge >= 0.3 is 0 Å². The van der Waals surface area contributed by atoms with Gasteiger partial charge in [-0.2, -0.15) is 4.31 Å². The quantitative estimate of drug-likeness (QED) is 0.791. The zero-order valence-electron chi connectivity index (χ0n) is 12.1. The van der Waals surface area contributed by atoms with Crippen molar-refractivity contribution in [2.24, 2.45) is 0 Å². The van der Waals surface area contributed by atoms with E-state index in [0.29, 0.717) is 31.1 Å². The number of benzene rings is 1. The van der Waals surface area contributed by atoms with E-state index in [4.69, 9.17) is 11.6 Å². The molecule has 0 N–H and O–H groups in total. The van der Waals surface area contributed by atoms with Crippen molar-refractivity contribution in [3.8, 4) is 0 Å². The average Bonchev–Trinajstić information content (AvgIpc) is 2.68. The molecule has 1 aliphatic rings. The number of rotatable bonds is 4. The molecule has 0 saturated carbocycles. The van der Waals surface area contributed by atoms with Crippen molar-refractivity contribution in [2.75, 3.05) is 38.6 Å². The summed E-state index contributed by atoms with van der Waals surface area (Å²) in [5, 5.41) is 0. The maximum absolute atomic E-state index is 13.4. The minimum Gasteiger partial charge on any atom is -0.301 e. The van der Waals surface area contributed by atoms with Gasteiger partial charge in [-0.05, 0) is 37.6 Å². The van der Waals surface area contributed by atoms with Gasteiger partial charge in [0.1, 0.15) is 5.82 Å². The Labute approximate surface area is 130 Å². The normalized spacial score (nSPS) is 18.6. The summed E-state index contributed by atoms with van der Waals surface area (Å²) in [4.78, 5) is 2.22. The van der Waals surface area contributed by atoms with Crippen molar-refractivity contribution < 1.29 is 12.8 Å². The number of nitrogens with zero attached hydrogens (tertiary/aromatic N) is 2. The molecule has 118 valence electrons. The summed E-state index contributed by atoms with van der Waals surface area (Å²) in [6, 6.07) is 3.88. The lowest BCUT2D eigenvalue weighted by atomic mass is 10.2. The van der Waals surface area contributed by atoms with E-state index in [0.717, 1.165) is 25.6 Å². The van der Waals surface area contributed by atoms with E-state index >= 15 is 0 Å². The van der Waals surface area contributed by atoms with Crippen LogP contribution in [0.25, 0.3) is 0 Å². The number of halogens is 2. The highest BCUT2D eigenvalue weighted by Gasteiger charge is 2.28. The van der Waals surface area contributed by atoms with Gasteiger partial charge < -0.3 is 4.90 Å². The van der Waals surface area contributed by atoms with E-state index in [1.807, 2.05) is 0 Å². The first-order valence-corrected chi connectivity index (χ1v) is 8.97. The van der Waals surface area contributed by atoms with Gasteiger partial charge in [-0.25, -0.2) is 12.8 Å². The first-order chi connectivity index (χ1) is 9.95. The van der Waals surface area contributed by atoms with Gasteiger partial charge in [0.25, 0.3) is 0 Å². The van der Waals surface area contributed by atoms with Gasteiger partial charge in [-0.15, -0.1) is 11.6 Å². The number of aryl methyl sites for hydroxylation is 1. The molecule has 1 fully saturated rings. The topological polar surface area (TPSA) is 40.6 Å². The lowest BCUT2D eigenvalue weighted by Crippen LogP contribution is -2.36. The molecular formula is C14H20ClFN2O2S. The highest BCUT2D eigenvalue weighted by atomic mass is 35.5. The summed E-state index contributed by atoms with van der Waals surface area (Å²) in [6.07, 6.45) is 0.754. The van der Waals surface area contributed by atoms with Gasteiger partial charge in [0, 0.05) is 32.1 Å². The molecule has 0 bridgehead atoms. The fourth-order valence-electron chi connectivity index (χ4n) is 2.52. The first-order valence-electron chi connectivity index (χ1n) is 7.00. The SMILES string of the molecule is Cc1ccc(F)cc1S(=O)(=O)N1CCCN(CCCl)CC1. The molecular weight excluding hydrogens is 315 g/mol. The molecule has 0 aliphatic carbocycles. The number of hydrogen-bond acceptors (Lipinski definition) is 3. The monoisotopic (exact) mass is 334 g/mol. The summed E-state index contributed by atoms with van der Waals surface area (Å²) < 4.78 is 40.2. The summed E-state index contributed by atoms with van der Waals surface area (Å²) >= 11 is 5.73. The smallest absolute Gasteiger partial charge is 0.243 e. The molecule has 21 heavy (non-hydrogen) atoms. The number of alkyl halides is 1. The number of sulfonamides is 1. The van der Waals surface area contributed by atoms with Crippen molar-refractivity contribution in [3.63, 3.8) is 0 Å². The largest absolute Gasteiger partial charge is 0.301 e. The Morgan fingerprint density at radius 2 is 2.00 bits per heavy atom. The van der Waals surface area contributed by atoms with E-state index in [9.17, 15) is 12.8 Å². The molecule has 0 spiro atoms. The van der Waals surface area contributed by atoms with Crippen LogP contribution in [0.15, 0.2) is 23.1 Å². The van der Waals surface area contributed by atoms with Gasteiger partial charge in [0.15, 0.2) is 0 Å². The molecule has 1 aromatic rings. The highest BCUT2D eigenvalue weighted by Crippen LogP contribution is 2.22. The molecule has 0 amide bonds. The summed E-state index contributed by atoms with van der Waals surface area (Å²) in [5.74, 6) is 0.00761. The molecule has 0 radical (unpaired) electrons. The highest BCUT2D eigenvalue weighted by molar-refractivity contribution is 7.89. The zero-order valence-corrected chi connectivity index (χ0v) is 13.6. The molecule has 0 aromatic heterocycles. The Balaban J connectivity index is 2.21. The second kappa shape index (κ2) is 7.05. The Bertz CT molecular complexity index is 595. The molecule has 4 nitrogen and oxygen atoms in total. The van der Waals surface area contributed by atoms with E-state index in [1.165, 1.54) is 16.4 Å². The van der Waals surface area contributed by atoms with Crippen molar-refractivity contribution in [1.29, 1.82) is 0 Å². The van der Waals surface area contributed by atoms with Crippen LogP contribution in [-0.4, -0.2) is 56.2 Å². The minimum atomic E-state index is -3.64. The predicted molar refractivity (Wildman–Crippen MR) is 81.7 cm³/mol. The fourth-order valence-corrected chi connectivity index (χ4v) is 4.47. The Morgan fingerprint density at radius 3 is 2.71 bits per heavy atom. The lowest BCUT2D eigenvalue weighted by molar-refractivity contribution is 0.303. The van der Waals surface area contributed by atoms with Crippen LogP contribution in [0.1, 0.15) is 12.0 Å². The minimum absolute atomic E-state index is 0.0632. The third-order valence-corrected chi connectivity index (χ3v) is 5.93. The molecule has 0 atom stereocenters. The Kier molecular flexibility index (Phi) is 5.60. The van der Waals surface area contributed by atoms with Crippen LogP contribution in [0.2, 0.25) is 0 Å². The van der Waals surface area contributed by atoms with E-state index in [-0.39, 0.29) is 4.90 Å². The molecule has 1 aliphatic heterocycles. The van der Waals surface area contributed by atoms with Crippen LogP contribution in [0.4, 0.5) is 4.39 Å². The molecule has 1 aromatic carbocycles. The standard InChI is InChI=1S/C14H20ClFN2O2S/c1-12-3-4-13(16)11-14(12)21(19,20)18-7-2-6-17(8-5-15)9-10-18/h3-4,11H,2,5-10H2,1H3. The van der Waals surface area contributed by atoms with E-state index < -0.39 is 15.8 Å². The van der Waals surface area contributed by atoms with Crippen LogP contribution in [0, 0.1) is 12.7 Å².